The first-order valence-electron chi connectivity index (χ1n) is 8.71. The summed E-state index contributed by atoms with van der Waals surface area (Å²) < 4.78 is 24.0. The van der Waals surface area contributed by atoms with E-state index in [0.717, 1.165) is 6.26 Å². The molecule has 7 heteroatoms. The van der Waals surface area contributed by atoms with Gasteiger partial charge < -0.3 is 5.32 Å². The highest BCUT2D eigenvalue weighted by Gasteiger charge is 2.32. The molecular weight excluding hydrogens is 390 g/mol. The molecule has 4 rings (SSSR count). The average molecular weight is 405 g/mol. The molecule has 29 heavy (non-hydrogen) atoms. The Kier molecular flexibility index (Phi) is 4.39. The molecule has 6 nitrogen and oxygen atoms in total. The van der Waals surface area contributed by atoms with Crippen molar-refractivity contribution >= 4 is 33.0 Å². The third kappa shape index (κ3) is 3.15. The van der Waals surface area contributed by atoms with Crippen molar-refractivity contribution in [1.29, 1.82) is 0 Å². The number of hydrogen-bond donors (Lipinski definition) is 1. The van der Waals surface area contributed by atoms with Crippen molar-refractivity contribution in [3.8, 4) is 0 Å². The van der Waals surface area contributed by atoms with Crippen LogP contribution >= 0.6 is 0 Å². The van der Waals surface area contributed by atoms with Gasteiger partial charge in [-0.25, -0.2) is 8.42 Å². The summed E-state index contributed by atoms with van der Waals surface area (Å²) in [6.45, 7) is 0. The van der Waals surface area contributed by atoms with Crippen molar-refractivity contribution in [2.24, 2.45) is 0 Å². The van der Waals surface area contributed by atoms with Gasteiger partial charge in [0.1, 0.15) is 0 Å². The summed E-state index contributed by atoms with van der Waals surface area (Å²) in [6.07, 6.45) is 1.02. The Hall–Kier alpha value is -3.58. The first kappa shape index (κ1) is 18.8. The molecule has 1 aliphatic carbocycles. The summed E-state index contributed by atoms with van der Waals surface area (Å²) in [6, 6.07) is 16.9. The van der Waals surface area contributed by atoms with Gasteiger partial charge in [-0.3, -0.25) is 14.4 Å². The number of carbonyl (C=O) groups is 3. The zero-order valence-corrected chi connectivity index (χ0v) is 16.1. The molecule has 1 aliphatic rings. The fraction of sp³-hybridized carbons (Fsp3) is 0.0455. The molecule has 3 aromatic rings. The third-order valence-electron chi connectivity index (χ3n) is 4.73. The van der Waals surface area contributed by atoms with Crippen molar-refractivity contribution < 1.29 is 22.8 Å². The number of carbonyl (C=O) groups excluding carboxylic acids is 3. The predicted octanol–water partition coefficient (Wildman–Crippen LogP) is 3.12. The minimum Gasteiger partial charge on any atom is -0.321 e. The second kappa shape index (κ2) is 6.79. The molecule has 1 amide bonds. The fourth-order valence-electron chi connectivity index (χ4n) is 3.42. The summed E-state index contributed by atoms with van der Waals surface area (Å²) in [5.41, 5.74) is 0.995. The number of fused-ring (bicyclic) bond motifs is 2. The highest BCUT2D eigenvalue weighted by molar-refractivity contribution is 7.90. The molecular formula is C22H15NO5S. The molecule has 0 saturated heterocycles. The molecule has 0 atom stereocenters. The second-order valence-electron chi connectivity index (χ2n) is 6.65. The minimum atomic E-state index is -3.63. The number of nitrogens with one attached hydrogen (secondary N) is 1. The molecule has 0 aromatic heterocycles. The Morgan fingerprint density at radius 3 is 2.03 bits per heavy atom. The number of amides is 1. The quantitative estimate of drug-likeness (QED) is 0.565. The van der Waals surface area contributed by atoms with E-state index in [2.05, 4.69) is 5.32 Å². The summed E-state index contributed by atoms with van der Waals surface area (Å²) in [5, 5.41) is 2.60. The van der Waals surface area contributed by atoms with Crippen molar-refractivity contribution in [2.75, 3.05) is 11.6 Å². The van der Waals surface area contributed by atoms with Crippen LogP contribution in [0.1, 0.15) is 42.2 Å². The van der Waals surface area contributed by atoms with Crippen LogP contribution in [0.5, 0.6) is 0 Å². The van der Waals surface area contributed by atoms with Crippen LogP contribution in [0.15, 0.2) is 71.6 Å². The lowest BCUT2D eigenvalue weighted by molar-refractivity contribution is 0.0978. The van der Waals surface area contributed by atoms with Crippen molar-refractivity contribution in [2.45, 2.75) is 4.90 Å². The van der Waals surface area contributed by atoms with Crippen molar-refractivity contribution in [1.82, 2.24) is 0 Å². The molecule has 0 heterocycles. The molecule has 144 valence electrons. The number of sulfone groups is 1. The van der Waals surface area contributed by atoms with E-state index in [1.807, 2.05) is 0 Å². The maximum Gasteiger partial charge on any atom is 0.257 e. The number of benzene rings is 3. The molecule has 0 fully saturated rings. The van der Waals surface area contributed by atoms with E-state index in [1.54, 1.807) is 36.4 Å². The van der Waals surface area contributed by atoms with E-state index in [1.165, 1.54) is 30.3 Å². The van der Waals surface area contributed by atoms with Gasteiger partial charge >= 0.3 is 0 Å². The third-order valence-corrected chi connectivity index (χ3v) is 5.89. The number of hydrogen-bond acceptors (Lipinski definition) is 5. The Labute approximate surface area is 167 Å². The number of anilines is 1. The normalized spacial score (nSPS) is 12.9. The maximum atomic E-state index is 13.0. The Balaban J connectivity index is 1.79. The second-order valence-corrected chi connectivity index (χ2v) is 8.64. The van der Waals surface area contributed by atoms with Gasteiger partial charge in [-0.1, -0.05) is 48.5 Å². The van der Waals surface area contributed by atoms with Gasteiger partial charge in [0.2, 0.25) is 0 Å². The number of ketones is 2. The lowest BCUT2D eigenvalue weighted by atomic mass is 9.83. The van der Waals surface area contributed by atoms with Gasteiger partial charge in [-0.2, -0.15) is 0 Å². The summed E-state index contributed by atoms with van der Waals surface area (Å²) in [4.78, 5) is 38.5. The van der Waals surface area contributed by atoms with E-state index in [0.29, 0.717) is 5.56 Å². The van der Waals surface area contributed by atoms with Gasteiger partial charge in [0.25, 0.3) is 5.91 Å². The highest BCUT2D eigenvalue weighted by Crippen LogP contribution is 2.32. The molecule has 0 aliphatic heterocycles. The van der Waals surface area contributed by atoms with Crippen LogP contribution < -0.4 is 5.32 Å². The van der Waals surface area contributed by atoms with E-state index in [9.17, 15) is 22.8 Å². The SMILES string of the molecule is CS(=O)(=O)c1ccccc1C(=O)Nc1cccc2c1C(=O)c1ccccc1C2=O. The maximum absolute atomic E-state index is 13.0. The smallest absolute Gasteiger partial charge is 0.257 e. The standard InChI is InChI=1S/C22H15NO5S/c1-29(27,28)18-12-5-4-9-15(18)22(26)23-17-11-6-10-16-19(17)21(25)14-8-3-2-7-13(14)20(16)24/h2-12H,1H3,(H,23,26). The Morgan fingerprint density at radius 2 is 1.34 bits per heavy atom. The molecule has 3 aromatic carbocycles. The fourth-order valence-corrected chi connectivity index (χ4v) is 4.30. The molecule has 1 N–H and O–H groups in total. The zero-order chi connectivity index (χ0) is 20.8. The molecule has 0 saturated carbocycles. The van der Waals surface area contributed by atoms with E-state index in [4.69, 9.17) is 0 Å². The molecule has 0 unspecified atom stereocenters. The summed E-state index contributed by atoms with van der Waals surface area (Å²) in [7, 11) is -3.63. The van der Waals surface area contributed by atoms with Gasteiger partial charge in [-0.15, -0.1) is 0 Å². The highest BCUT2D eigenvalue weighted by atomic mass is 32.2. The summed E-state index contributed by atoms with van der Waals surface area (Å²) >= 11 is 0. The van der Waals surface area contributed by atoms with Gasteiger partial charge in [-0.05, 0) is 18.2 Å². The van der Waals surface area contributed by atoms with Gasteiger partial charge in [0.05, 0.1) is 21.7 Å². The van der Waals surface area contributed by atoms with E-state index < -0.39 is 15.7 Å². The minimum absolute atomic E-state index is 0.0393. The Morgan fingerprint density at radius 1 is 0.759 bits per heavy atom. The van der Waals surface area contributed by atoms with Crippen LogP contribution in [0.2, 0.25) is 0 Å². The largest absolute Gasteiger partial charge is 0.321 e. The molecule has 0 bridgehead atoms. The van der Waals surface area contributed by atoms with Crippen molar-refractivity contribution in [3.63, 3.8) is 0 Å². The van der Waals surface area contributed by atoms with Crippen molar-refractivity contribution in [3.05, 3.63) is 94.5 Å². The lowest BCUT2D eigenvalue weighted by Crippen LogP contribution is -2.24. The van der Waals surface area contributed by atoms with E-state index >= 15 is 0 Å². The van der Waals surface area contributed by atoms with Gasteiger partial charge in [0.15, 0.2) is 21.4 Å². The predicted molar refractivity (Wildman–Crippen MR) is 107 cm³/mol. The first-order valence-corrected chi connectivity index (χ1v) is 10.6. The zero-order valence-electron chi connectivity index (χ0n) is 15.3. The van der Waals surface area contributed by atoms with Crippen LogP contribution in [-0.4, -0.2) is 32.1 Å². The van der Waals surface area contributed by atoms with Gasteiger partial charge in [0, 0.05) is 22.9 Å². The monoisotopic (exact) mass is 405 g/mol. The van der Waals surface area contributed by atoms with Crippen LogP contribution in [-0.2, 0) is 9.84 Å². The summed E-state index contributed by atoms with van der Waals surface area (Å²) in [5.74, 6) is -1.36. The van der Waals surface area contributed by atoms with E-state index in [-0.39, 0.29) is 44.4 Å². The van der Waals surface area contributed by atoms with Crippen LogP contribution in [0.3, 0.4) is 0 Å². The van der Waals surface area contributed by atoms with Crippen LogP contribution in [0.25, 0.3) is 0 Å². The number of rotatable bonds is 3. The lowest BCUT2D eigenvalue weighted by Gasteiger charge is -2.20. The average Bonchev–Trinajstić information content (AvgIpc) is 2.71. The molecule has 0 radical (unpaired) electrons. The van der Waals surface area contributed by atoms with Crippen LogP contribution in [0.4, 0.5) is 5.69 Å². The Bertz CT molecular complexity index is 1310. The molecule has 0 spiro atoms. The topological polar surface area (TPSA) is 97.4 Å². The first-order chi connectivity index (χ1) is 13.8. The van der Waals surface area contributed by atoms with Crippen LogP contribution in [0, 0.1) is 0 Å².